The fourth-order valence-corrected chi connectivity index (χ4v) is 2.90. The second-order valence-electron chi connectivity index (χ2n) is 7.25. The summed E-state index contributed by atoms with van der Waals surface area (Å²) < 4.78 is 5.04. The van der Waals surface area contributed by atoms with E-state index in [1.54, 1.807) is 6.29 Å². The van der Waals surface area contributed by atoms with Gasteiger partial charge in [0.15, 0.2) is 0 Å². The van der Waals surface area contributed by atoms with Gasteiger partial charge >= 0.3 is 0 Å². The molecule has 1 aliphatic rings. The molecule has 0 aromatic heterocycles. The Bertz CT molecular complexity index is 601. The molecule has 1 unspecified atom stereocenters. The summed E-state index contributed by atoms with van der Waals surface area (Å²) in [5, 5.41) is 10.1. The molecule has 0 saturated heterocycles. The predicted octanol–water partition coefficient (Wildman–Crippen LogP) is 4.62. The van der Waals surface area contributed by atoms with E-state index in [0.29, 0.717) is 6.61 Å². The van der Waals surface area contributed by atoms with Gasteiger partial charge in [0, 0.05) is 0 Å². The van der Waals surface area contributed by atoms with Gasteiger partial charge in [0.1, 0.15) is 6.61 Å². The summed E-state index contributed by atoms with van der Waals surface area (Å²) in [5.74, 6) is 0. The minimum Gasteiger partial charge on any atom is -0.389 e. The third kappa shape index (κ3) is 7.37. The van der Waals surface area contributed by atoms with Crippen molar-refractivity contribution in [1.29, 1.82) is 0 Å². The molecule has 1 aliphatic carbocycles. The predicted molar refractivity (Wildman–Crippen MR) is 104 cm³/mol. The minimum atomic E-state index is -0.316. The van der Waals surface area contributed by atoms with E-state index < -0.39 is 0 Å². The second-order valence-corrected chi connectivity index (χ2v) is 7.25. The maximum absolute atomic E-state index is 10.1. The quantitative estimate of drug-likeness (QED) is 0.517. The fourth-order valence-electron chi connectivity index (χ4n) is 2.90. The van der Waals surface area contributed by atoms with E-state index in [1.807, 2.05) is 32.1 Å². The van der Waals surface area contributed by atoms with Crippen LogP contribution in [0.4, 0.5) is 0 Å². The molecule has 0 bridgehead atoms. The van der Waals surface area contributed by atoms with Crippen molar-refractivity contribution in [3.05, 3.63) is 58.7 Å². The highest BCUT2D eigenvalue weighted by atomic mass is 16.5. The fraction of sp³-hybridized carbons (Fsp3) is 0.500. The van der Waals surface area contributed by atoms with Crippen molar-refractivity contribution in [3.8, 4) is 0 Å². The van der Waals surface area contributed by atoms with Crippen LogP contribution in [0.2, 0.25) is 0 Å². The van der Waals surface area contributed by atoms with Crippen LogP contribution < -0.4 is 0 Å². The maximum atomic E-state index is 10.1. The molecule has 0 aliphatic heterocycles. The van der Waals surface area contributed by atoms with Gasteiger partial charge in [0.25, 0.3) is 0 Å². The maximum Gasteiger partial charge on any atom is 0.226 e. The van der Waals surface area contributed by atoms with E-state index in [9.17, 15) is 9.90 Å². The normalized spacial score (nSPS) is 22.2. The standard InChI is InChI=1S/C22H31O3/c1-17(7-6-8-18(2)12-15-25-16-14-23)9-10-20-19(3)21(24)11-13-22(20,4)5/h6-10,12,21,24H,11,13,15-16H2,1-5H3/b8-6+,10-9+,17-7+,18-12+. The highest BCUT2D eigenvalue weighted by Gasteiger charge is 2.30. The Balaban J connectivity index is 2.71. The zero-order valence-corrected chi connectivity index (χ0v) is 16.1. The number of hydrogen-bond acceptors (Lipinski definition) is 3. The van der Waals surface area contributed by atoms with Crippen LogP contribution in [0.1, 0.15) is 47.5 Å². The average Bonchev–Trinajstić information content (AvgIpc) is 2.55. The summed E-state index contributed by atoms with van der Waals surface area (Å²) in [5.41, 5.74) is 4.65. The first-order valence-electron chi connectivity index (χ1n) is 8.80. The zero-order valence-electron chi connectivity index (χ0n) is 16.1. The molecule has 0 aromatic rings. The van der Waals surface area contributed by atoms with Crippen LogP contribution in [0.15, 0.2) is 58.7 Å². The summed E-state index contributed by atoms with van der Waals surface area (Å²) >= 11 is 0. The van der Waals surface area contributed by atoms with Crippen molar-refractivity contribution in [3.63, 3.8) is 0 Å². The monoisotopic (exact) mass is 343 g/mol. The molecule has 1 N–H and O–H groups in total. The van der Waals surface area contributed by atoms with Gasteiger partial charge in [-0.15, -0.1) is 0 Å². The lowest BCUT2D eigenvalue weighted by atomic mass is 9.71. The van der Waals surface area contributed by atoms with E-state index in [0.717, 1.165) is 29.6 Å². The number of hydrogen-bond donors (Lipinski definition) is 1. The largest absolute Gasteiger partial charge is 0.389 e. The van der Waals surface area contributed by atoms with Crippen LogP contribution in [0.3, 0.4) is 0 Å². The molecular formula is C22H31O3. The molecule has 3 heteroatoms. The van der Waals surface area contributed by atoms with Crippen molar-refractivity contribution in [2.75, 3.05) is 13.2 Å². The number of aliphatic hydroxyl groups excluding tert-OH is 1. The van der Waals surface area contributed by atoms with E-state index in [1.165, 1.54) is 5.57 Å². The van der Waals surface area contributed by atoms with Gasteiger partial charge < -0.3 is 9.84 Å². The van der Waals surface area contributed by atoms with Gasteiger partial charge in [-0.2, -0.15) is 0 Å². The van der Waals surface area contributed by atoms with Crippen LogP contribution >= 0.6 is 0 Å². The molecule has 0 heterocycles. The highest BCUT2D eigenvalue weighted by molar-refractivity contribution is 5.51. The minimum absolute atomic E-state index is 0.0115. The summed E-state index contributed by atoms with van der Waals surface area (Å²) in [4.78, 5) is 10.0. The van der Waals surface area contributed by atoms with Gasteiger partial charge in [-0.3, -0.25) is 4.79 Å². The molecule has 1 radical (unpaired) electrons. The Kier molecular flexibility index (Phi) is 8.81. The lowest BCUT2D eigenvalue weighted by molar-refractivity contribution is 0.163. The van der Waals surface area contributed by atoms with E-state index in [4.69, 9.17) is 4.74 Å². The summed E-state index contributed by atoms with van der Waals surface area (Å²) in [6, 6.07) is 0. The van der Waals surface area contributed by atoms with Gasteiger partial charge in [-0.05, 0) is 50.2 Å². The molecule has 1 rings (SSSR count). The lowest BCUT2D eigenvalue weighted by Crippen LogP contribution is -2.27. The van der Waals surface area contributed by atoms with Gasteiger partial charge in [-0.1, -0.05) is 61.4 Å². The first-order chi connectivity index (χ1) is 11.8. The number of rotatable bonds is 8. The van der Waals surface area contributed by atoms with Crippen molar-refractivity contribution in [2.24, 2.45) is 5.41 Å². The third-order valence-electron chi connectivity index (χ3n) is 4.61. The van der Waals surface area contributed by atoms with E-state index in [2.05, 4.69) is 39.0 Å². The average molecular weight is 343 g/mol. The Labute approximate surface area is 152 Å². The van der Waals surface area contributed by atoms with Gasteiger partial charge in [-0.25, -0.2) is 0 Å². The second kappa shape index (κ2) is 10.3. The third-order valence-corrected chi connectivity index (χ3v) is 4.61. The summed E-state index contributed by atoms with van der Waals surface area (Å²) in [6.45, 7) is 11.0. The van der Waals surface area contributed by atoms with Crippen LogP contribution in [0, 0.1) is 5.41 Å². The Morgan fingerprint density at radius 2 is 2.04 bits per heavy atom. The van der Waals surface area contributed by atoms with Crippen LogP contribution in [0.5, 0.6) is 0 Å². The number of aliphatic hydroxyl groups is 1. The first-order valence-corrected chi connectivity index (χ1v) is 8.80. The van der Waals surface area contributed by atoms with Crippen molar-refractivity contribution in [2.45, 2.75) is 53.6 Å². The Hall–Kier alpha value is -1.71. The summed E-state index contributed by atoms with van der Waals surface area (Å²) in [7, 11) is 0. The molecule has 0 saturated carbocycles. The number of allylic oxidation sites excluding steroid dienone is 8. The molecule has 3 nitrogen and oxygen atoms in total. The SMILES string of the molecule is CC1=C(/C=C/C(C)=C/C=C/C(C)=C/COC[C]=O)C(C)(C)CCC1O. The number of ether oxygens (including phenoxy) is 1. The van der Waals surface area contributed by atoms with Crippen LogP contribution in [0.25, 0.3) is 0 Å². The molecule has 0 fully saturated rings. The van der Waals surface area contributed by atoms with Crippen molar-refractivity contribution >= 4 is 6.29 Å². The summed E-state index contributed by atoms with van der Waals surface area (Å²) in [6.07, 6.45) is 15.4. The smallest absolute Gasteiger partial charge is 0.226 e. The van der Waals surface area contributed by atoms with E-state index in [-0.39, 0.29) is 18.1 Å². The first kappa shape index (κ1) is 21.3. The van der Waals surface area contributed by atoms with Crippen molar-refractivity contribution < 1.29 is 14.6 Å². The topological polar surface area (TPSA) is 46.5 Å². The lowest BCUT2D eigenvalue weighted by Gasteiger charge is -2.35. The number of carbonyl (C=O) groups excluding carboxylic acids is 1. The molecule has 0 aromatic carbocycles. The molecule has 1 atom stereocenters. The molecule has 0 spiro atoms. The van der Waals surface area contributed by atoms with Gasteiger partial charge in [0.2, 0.25) is 6.29 Å². The molecule has 137 valence electrons. The Morgan fingerprint density at radius 1 is 1.32 bits per heavy atom. The van der Waals surface area contributed by atoms with E-state index >= 15 is 0 Å². The Morgan fingerprint density at radius 3 is 2.72 bits per heavy atom. The highest BCUT2D eigenvalue weighted by Crippen LogP contribution is 2.40. The van der Waals surface area contributed by atoms with Gasteiger partial charge in [0.05, 0.1) is 12.7 Å². The van der Waals surface area contributed by atoms with Crippen LogP contribution in [-0.2, 0) is 9.53 Å². The van der Waals surface area contributed by atoms with Crippen LogP contribution in [-0.4, -0.2) is 30.7 Å². The van der Waals surface area contributed by atoms with Crippen molar-refractivity contribution in [1.82, 2.24) is 0 Å². The molecule has 0 amide bonds. The molecular weight excluding hydrogens is 312 g/mol. The zero-order chi connectivity index (χ0) is 18.9. The molecule has 25 heavy (non-hydrogen) atoms.